The van der Waals surface area contributed by atoms with E-state index in [4.69, 9.17) is 9.47 Å². The molecule has 0 unspecified atom stereocenters. The van der Waals surface area contributed by atoms with E-state index in [-0.39, 0.29) is 11.9 Å². The monoisotopic (exact) mass is 431 g/mol. The van der Waals surface area contributed by atoms with Crippen LogP contribution in [0.5, 0.6) is 11.5 Å². The Labute approximate surface area is 188 Å². The minimum atomic E-state index is -0.458. The van der Waals surface area contributed by atoms with Crippen LogP contribution in [-0.2, 0) is 5.41 Å². The molecule has 1 aliphatic carbocycles. The summed E-state index contributed by atoms with van der Waals surface area (Å²) in [7, 11) is 0. The summed E-state index contributed by atoms with van der Waals surface area (Å²) in [6, 6.07) is 11.3. The third kappa shape index (κ3) is 3.63. The number of ether oxygens (including phenoxy) is 2. The number of likely N-dealkylation sites (N-methyl/N-ethyl adjacent to an activating group) is 1. The van der Waals surface area contributed by atoms with Crippen molar-refractivity contribution in [2.24, 2.45) is 0 Å². The van der Waals surface area contributed by atoms with Crippen LogP contribution in [0.1, 0.15) is 67.4 Å². The molecule has 0 radical (unpaired) electrons. The van der Waals surface area contributed by atoms with Gasteiger partial charge < -0.3 is 19.8 Å². The van der Waals surface area contributed by atoms with Gasteiger partial charge in [-0.2, -0.15) is 5.26 Å². The Balaban J connectivity index is 1.86. The maximum atomic E-state index is 13.7. The maximum Gasteiger partial charge on any atom is 0.195 e. The van der Waals surface area contributed by atoms with E-state index in [9.17, 15) is 10.1 Å². The van der Waals surface area contributed by atoms with Gasteiger partial charge in [0.1, 0.15) is 6.61 Å². The Kier molecular flexibility index (Phi) is 5.70. The van der Waals surface area contributed by atoms with Gasteiger partial charge in [-0.3, -0.25) is 4.79 Å². The predicted molar refractivity (Wildman–Crippen MR) is 125 cm³/mol. The minimum Gasteiger partial charge on any atom is -0.488 e. The van der Waals surface area contributed by atoms with Crippen molar-refractivity contribution in [3.63, 3.8) is 0 Å². The van der Waals surface area contributed by atoms with Gasteiger partial charge in [0.2, 0.25) is 0 Å². The van der Waals surface area contributed by atoms with Crippen molar-refractivity contribution in [2.45, 2.75) is 46.1 Å². The first-order chi connectivity index (χ1) is 15.3. The fraction of sp³-hybridized carbons (Fsp3) is 0.385. The zero-order valence-electron chi connectivity index (χ0n) is 19.3. The number of ketones is 1. The van der Waals surface area contributed by atoms with Crippen LogP contribution < -0.4 is 14.8 Å². The van der Waals surface area contributed by atoms with E-state index in [0.29, 0.717) is 34.8 Å². The molecule has 2 N–H and O–H groups in total. The lowest BCUT2D eigenvalue weighted by molar-refractivity contribution is 0.103. The molecule has 0 atom stereocenters. The first-order valence-electron chi connectivity index (χ1n) is 11.1. The highest BCUT2D eigenvalue weighted by Crippen LogP contribution is 2.47. The van der Waals surface area contributed by atoms with Crippen molar-refractivity contribution < 1.29 is 14.3 Å². The first kappa shape index (κ1) is 21.9. The number of fused-ring (bicyclic) bond motifs is 4. The van der Waals surface area contributed by atoms with Crippen molar-refractivity contribution in [1.82, 2.24) is 10.3 Å². The molecule has 3 aromatic rings. The third-order valence-electron chi connectivity index (χ3n) is 5.93. The van der Waals surface area contributed by atoms with Crippen molar-refractivity contribution in [1.29, 1.82) is 5.26 Å². The average molecular weight is 432 g/mol. The molecular formula is C26H29N3O3. The molecule has 2 aromatic carbocycles. The van der Waals surface area contributed by atoms with Crippen LogP contribution in [-0.4, -0.2) is 36.6 Å². The van der Waals surface area contributed by atoms with Crippen LogP contribution in [0.4, 0.5) is 0 Å². The van der Waals surface area contributed by atoms with Crippen molar-refractivity contribution in [3.05, 3.63) is 58.3 Å². The second-order valence-corrected chi connectivity index (χ2v) is 8.91. The molecule has 0 saturated carbocycles. The van der Waals surface area contributed by atoms with Crippen molar-refractivity contribution in [2.75, 3.05) is 19.7 Å². The molecule has 6 nitrogen and oxygen atoms in total. The fourth-order valence-corrected chi connectivity index (χ4v) is 4.37. The van der Waals surface area contributed by atoms with Gasteiger partial charge in [-0.25, -0.2) is 0 Å². The van der Waals surface area contributed by atoms with E-state index < -0.39 is 5.41 Å². The molecule has 0 spiro atoms. The molecule has 0 saturated heterocycles. The van der Waals surface area contributed by atoms with Gasteiger partial charge >= 0.3 is 0 Å². The van der Waals surface area contributed by atoms with Gasteiger partial charge in [-0.15, -0.1) is 0 Å². The second kappa shape index (κ2) is 8.33. The molecule has 166 valence electrons. The first-order valence-corrected chi connectivity index (χ1v) is 11.1. The van der Waals surface area contributed by atoms with Gasteiger partial charge in [0.25, 0.3) is 0 Å². The minimum absolute atomic E-state index is 0.0434. The lowest BCUT2D eigenvalue weighted by Gasteiger charge is -2.33. The highest BCUT2D eigenvalue weighted by Gasteiger charge is 2.40. The number of nitrogens with one attached hydrogen (secondary N) is 2. The van der Waals surface area contributed by atoms with Gasteiger partial charge in [0.05, 0.1) is 23.3 Å². The van der Waals surface area contributed by atoms with Crippen LogP contribution in [0.25, 0.3) is 10.9 Å². The van der Waals surface area contributed by atoms with E-state index in [1.807, 2.05) is 32.0 Å². The van der Waals surface area contributed by atoms with Gasteiger partial charge in [-0.1, -0.05) is 26.8 Å². The SMILES string of the molecule is CCNCCOc1cc2c(cc1OC(C)C)C(=O)c1c([nH]c3cc(C#N)ccc13)C2(C)C. The summed E-state index contributed by atoms with van der Waals surface area (Å²) in [4.78, 5) is 17.1. The Morgan fingerprint density at radius 2 is 1.97 bits per heavy atom. The number of aromatic nitrogens is 1. The van der Waals surface area contributed by atoms with Crippen LogP contribution in [0, 0.1) is 11.3 Å². The summed E-state index contributed by atoms with van der Waals surface area (Å²) in [5, 5.41) is 13.4. The zero-order chi connectivity index (χ0) is 23.0. The highest BCUT2D eigenvalue weighted by atomic mass is 16.5. The molecule has 1 heterocycles. The molecule has 1 aliphatic rings. The number of hydrogen-bond donors (Lipinski definition) is 2. The lowest BCUT2D eigenvalue weighted by atomic mass is 9.71. The standard InChI is InChI=1S/C26H29N3O3/c1-6-28-9-10-31-21-13-19-18(12-22(21)32-15(2)3)24(30)23-17-8-7-16(14-27)11-20(17)29-25(23)26(19,4)5/h7-8,11-13,15,28-29H,6,9-10H2,1-5H3. The summed E-state index contributed by atoms with van der Waals surface area (Å²) < 4.78 is 12.1. The van der Waals surface area contributed by atoms with E-state index in [0.717, 1.165) is 35.2 Å². The van der Waals surface area contributed by atoms with Gasteiger partial charge in [0, 0.05) is 34.1 Å². The number of carbonyl (C=O) groups excluding carboxylic acids is 1. The predicted octanol–water partition coefficient (Wildman–Crippen LogP) is 4.69. The normalized spacial score (nSPS) is 14.2. The molecule has 0 aliphatic heterocycles. The third-order valence-corrected chi connectivity index (χ3v) is 5.93. The van der Waals surface area contributed by atoms with Gasteiger partial charge in [0.15, 0.2) is 17.3 Å². The maximum absolute atomic E-state index is 13.7. The topological polar surface area (TPSA) is 87.1 Å². The van der Waals surface area contributed by atoms with E-state index in [1.165, 1.54) is 0 Å². The Bertz CT molecular complexity index is 1230. The summed E-state index contributed by atoms with van der Waals surface area (Å²) in [5.74, 6) is 1.18. The molecule has 0 bridgehead atoms. The quantitative estimate of drug-likeness (QED) is 0.530. The van der Waals surface area contributed by atoms with Crippen LogP contribution in [0.2, 0.25) is 0 Å². The Hall–Kier alpha value is -3.30. The molecular weight excluding hydrogens is 402 g/mol. The molecule has 4 rings (SSSR count). The van der Waals surface area contributed by atoms with E-state index in [1.54, 1.807) is 12.1 Å². The summed E-state index contributed by atoms with van der Waals surface area (Å²) in [6.45, 7) is 12.3. The van der Waals surface area contributed by atoms with Crippen LogP contribution in [0.15, 0.2) is 30.3 Å². The fourth-order valence-electron chi connectivity index (χ4n) is 4.37. The number of nitrogens with zero attached hydrogens (tertiary/aromatic N) is 1. The molecule has 6 heteroatoms. The average Bonchev–Trinajstić information content (AvgIpc) is 3.15. The van der Waals surface area contributed by atoms with Crippen LogP contribution >= 0.6 is 0 Å². The Morgan fingerprint density at radius 1 is 1.19 bits per heavy atom. The smallest absolute Gasteiger partial charge is 0.195 e. The number of nitriles is 1. The second-order valence-electron chi connectivity index (χ2n) is 8.91. The number of H-pyrrole nitrogens is 1. The summed E-state index contributed by atoms with van der Waals surface area (Å²) in [6.07, 6.45) is -0.0519. The number of benzene rings is 2. The lowest BCUT2D eigenvalue weighted by Crippen LogP contribution is -2.30. The molecule has 0 fully saturated rings. The number of carbonyl (C=O) groups is 1. The number of aromatic amines is 1. The zero-order valence-corrected chi connectivity index (χ0v) is 19.3. The van der Waals surface area contributed by atoms with E-state index in [2.05, 4.69) is 37.1 Å². The van der Waals surface area contributed by atoms with Crippen LogP contribution in [0.3, 0.4) is 0 Å². The number of hydrogen-bond acceptors (Lipinski definition) is 5. The number of rotatable bonds is 7. The molecule has 1 aromatic heterocycles. The van der Waals surface area contributed by atoms with Crippen molar-refractivity contribution >= 4 is 16.7 Å². The highest BCUT2D eigenvalue weighted by molar-refractivity contribution is 6.20. The molecule has 32 heavy (non-hydrogen) atoms. The van der Waals surface area contributed by atoms with Gasteiger partial charge in [-0.05, 0) is 50.2 Å². The Morgan fingerprint density at radius 3 is 2.66 bits per heavy atom. The largest absolute Gasteiger partial charge is 0.488 e. The summed E-state index contributed by atoms with van der Waals surface area (Å²) >= 11 is 0. The summed E-state index contributed by atoms with van der Waals surface area (Å²) in [5.41, 5.74) is 3.95. The molecule has 0 amide bonds. The van der Waals surface area contributed by atoms with Crippen molar-refractivity contribution in [3.8, 4) is 17.6 Å². The van der Waals surface area contributed by atoms with E-state index >= 15 is 0 Å².